The van der Waals surface area contributed by atoms with E-state index < -0.39 is 0 Å². The van der Waals surface area contributed by atoms with Crippen LogP contribution in [-0.4, -0.2) is 9.38 Å². The van der Waals surface area contributed by atoms with E-state index in [0.717, 1.165) is 11.1 Å². The van der Waals surface area contributed by atoms with Gasteiger partial charge in [0, 0.05) is 0 Å². The molecule has 2 heterocycles. The summed E-state index contributed by atoms with van der Waals surface area (Å²) in [5.41, 5.74) is 4.01. The molecule has 0 bridgehead atoms. The van der Waals surface area contributed by atoms with Crippen LogP contribution >= 0.6 is 11.6 Å². The molecule has 0 aliphatic heterocycles. The lowest BCUT2D eigenvalue weighted by Crippen LogP contribution is -2.13. The SMILES string of the molecule is [C-]#[N+]c1c(C)c(N=Nc2ccc(C)cc2Cl)c(=O)n2c1[nH]c1ccccc12. The van der Waals surface area contributed by atoms with Crippen molar-refractivity contribution in [2.45, 2.75) is 13.8 Å². The van der Waals surface area contributed by atoms with Crippen molar-refractivity contribution < 1.29 is 0 Å². The number of halogens is 1. The van der Waals surface area contributed by atoms with Gasteiger partial charge in [-0.2, -0.15) is 0 Å². The number of hydrogen-bond acceptors (Lipinski definition) is 3. The Morgan fingerprint density at radius 1 is 1.15 bits per heavy atom. The van der Waals surface area contributed by atoms with Crippen LogP contribution in [0.3, 0.4) is 0 Å². The molecule has 0 unspecified atom stereocenters. The molecular weight excluding hydrogens is 362 g/mol. The molecule has 0 fully saturated rings. The highest BCUT2D eigenvalue weighted by Crippen LogP contribution is 2.33. The van der Waals surface area contributed by atoms with Crippen LogP contribution in [0.5, 0.6) is 0 Å². The lowest BCUT2D eigenvalue weighted by molar-refractivity contribution is 1.10. The van der Waals surface area contributed by atoms with Gasteiger partial charge in [0.25, 0.3) is 5.56 Å². The van der Waals surface area contributed by atoms with Gasteiger partial charge in [-0.3, -0.25) is 9.20 Å². The van der Waals surface area contributed by atoms with E-state index in [2.05, 4.69) is 20.1 Å². The second-order valence-corrected chi connectivity index (χ2v) is 6.63. The highest BCUT2D eigenvalue weighted by atomic mass is 35.5. The molecule has 0 spiro atoms. The maximum atomic E-state index is 13.1. The van der Waals surface area contributed by atoms with E-state index in [1.165, 1.54) is 4.40 Å². The first-order valence-electron chi connectivity index (χ1n) is 8.22. The molecule has 0 saturated carbocycles. The predicted octanol–water partition coefficient (Wildman–Crippen LogP) is 6.02. The maximum Gasteiger partial charge on any atom is 0.282 e. The molecule has 2 aromatic carbocycles. The molecule has 7 heteroatoms. The average molecular weight is 376 g/mol. The predicted molar refractivity (Wildman–Crippen MR) is 107 cm³/mol. The number of pyridine rings is 1. The second kappa shape index (κ2) is 6.38. The molecule has 1 N–H and O–H groups in total. The zero-order chi connectivity index (χ0) is 19.1. The molecule has 0 saturated heterocycles. The number of imidazole rings is 1. The Morgan fingerprint density at radius 3 is 2.67 bits per heavy atom. The number of aryl methyl sites for hydroxylation is 1. The number of aromatic amines is 1. The van der Waals surface area contributed by atoms with Gasteiger partial charge in [-0.15, -0.1) is 10.2 Å². The Balaban J connectivity index is 2.01. The number of nitrogens with zero attached hydrogens (tertiary/aromatic N) is 4. The second-order valence-electron chi connectivity index (χ2n) is 6.22. The fraction of sp³-hybridized carbons (Fsp3) is 0.100. The number of hydrogen-bond donors (Lipinski definition) is 1. The Morgan fingerprint density at radius 2 is 1.93 bits per heavy atom. The molecule has 6 nitrogen and oxygen atoms in total. The molecular formula is C20H14ClN5O. The molecule has 0 atom stereocenters. The van der Waals surface area contributed by atoms with E-state index in [9.17, 15) is 4.79 Å². The number of benzene rings is 2. The summed E-state index contributed by atoms with van der Waals surface area (Å²) in [6.45, 7) is 11.2. The summed E-state index contributed by atoms with van der Waals surface area (Å²) in [6, 6.07) is 12.8. The zero-order valence-corrected chi connectivity index (χ0v) is 15.4. The molecule has 4 aromatic rings. The topological polar surface area (TPSA) is 66.3 Å². The van der Waals surface area contributed by atoms with Crippen LogP contribution in [0.25, 0.3) is 21.5 Å². The van der Waals surface area contributed by atoms with Crippen LogP contribution in [0.1, 0.15) is 11.1 Å². The van der Waals surface area contributed by atoms with Crippen LogP contribution in [0.2, 0.25) is 5.02 Å². The summed E-state index contributed by atoms with van der Waals surface area (Å²) in [5, 5.41) is 8.77. The Bertz CT molecular complexity index is 1340. The summed E-state index contributed by atoms with van der Waals surface area (Å²) in [6.07, 6.45) is 0. The maximum absolute atomic E-state index is 13.1. The molecule has 0 radical (unpaired) electrons. The number of aromatic nitrogens is 2. The highest BCUT2D eigenvalue weighted by Gasteiger charge is 2.18. The summed E-state index contributed by atoms with van der Waals surface area (Å²) >= 11 is 6.20. The van der Waals surface area contributed by atoms with E-state index in [1.807, 2.05) is 37.3 Å². The minimum Gasteiger partial charge on any atom is -0.349 e. The highest BCUT2D eigenvalue weighted by molar-refractivity contribution is 6.33. The normalized spacial score (nSPS) is 11.5. The van der Waals surface area contributed by atoms with Crippen molar-refractivity contribution in [1.29, 1.82) is 0 Å². The molecule has 0 amide bonds. The van der Waals surface area contributed by atoms with Crippen molar-refractivity contribution in [3.8, 4) is 0 Å². The molecule has 2 aromatic heterocycles. The minimum absolute atomic E-state index is 0.125. The largest absolute Gasteiger partial charge is 0.349 e. The number of H-pyrrole nitrogens is 1. The summed E-state index contributed by atoms with van der Waals surface area (Å²) in [5.74, 6) is 0. The van der Waals surface area contributed by atoms with Crippen molar-refractivity contribution in [3.63, 3.8) is 0 Å². The van der Waals surface area contributed by atoms with Gasteiger partial charge in [0.05, 0.1) is 22.6 Å². The fourth-order valence-corrected chi connectivity index (χ4v) is 3.33. The summed E-state index contributed by atoms with van der Waals surface area (Å²) in [4.78, 5) is 19.9. The van der Waals surface area contributed by atoms with Gasteiger partial charge in [0.15, 0.2) is 0 Å². The number of fused-ring (bicyclic) bond motifs is 3. The van der Waals surface area contributed by atoms with Gasteiger partial charge in [0.2, 0.25) is 5.69 Å². The van der Waals surface area contributed by atoms with E-state index in [1.54, 1.807) is 19.1 Å². The standard InChI is InChI=1S/C20H14ClN5O/c1-11-8-9-14(13(21)10-11)24-25-18-12(2)17(22-3)19-23-15-6-4-5-7-16(15)26(19)20(18)27/h4-10,23H,1-2H3. The average Bonchev–Trinajstić information content (AvgIpc) is 3.03. The van der Waals surface area contributed by atoms with Gasteiger partial charge in [-0.1, -0.05) is 29.8 Å². The number of nitrogens with one attached hydrogen (secondary N) is 1. The number of para-hydroxylation sites is 2. The molecule has 0 aliphatic carbocycles. The Kier molecular flexibility index (Phi) is 4.02. The lowest BCUT2D eigenvalue weighted by Gasteiger charge is -2.05. The number of rotatable bonds is 2. The Hall–Kier alpha value is -3.43. The summed E-state index contributed by atoms with van der Waals surface area (Å²) in [7, 11) is 0. The lowest BCUT2D eigenvalue weighted by atomic mass is 10.2. The van der Waals surface area contributed by atoms with E-state index in [4.69, 9.17) is 18.2 Å². The quantitative estimate of drug-likeness (QED) is 0.338. The molecule has 27 heavy (non-hydrogen) atoms. The number of azo groups is 1. The van der Waals surface area contributed by atoms with Crippen LogP contribution < -0.4 is 5.56 Å². The molecule has 4 rings (SSSR count). The van der Waals surface area contributed by atoms with Crippen LogP contribution in [-0.2, 0) is 0 Å². The van der Waals surface area contributed by atoms with Gasteiger partial charge in [-0.05, 0) is 49.2 Å². The van der Waals surface area contributed by atoms with Crippen LogP contribution in [0.4, 0.5) is 17.1 Å². The van der Waals surface area contributed by atoms with Crippen molar-refractivity contribution in [2.75, 3.05) is 0 Å². The third-order valence-corrected chi connectivity index (χ3v) is 4.74. The van der Waals surface area contributed by atoms with E-state index in [0.29, 0.717) is 33.1 Å². The Labute approximate surface area is 159 Å². The van der Waals surface area contributed by atoms with Crippen molar-refractivity contribution in [2.24, 2.45) is 10.2 Å². The molecule has 0 aliphatic rings. The fourth-order valence-electron chi connectivity index (χ4n) is 3.06. The van der Waals surface area contributed by atoms with E-state index in [-0.39, 0.29) is 11.2 Å². The molecule has 132 valence electrons. The first-order chi connectivity index (χ1) is 13.0. The zero-order valence-electron chi connectivity index (χ0n) is 14.6. The first kappa shape index (κ1) is 17.0. The smallest absolute Gasteiger partial charge is 0.282 e. The van der Waals surface area contributed by atoms with Crippen LogP contribution in [0, 0.1) is 20.4 Å². The van der Waals surface area contributed by atoms with Crippen molar-refractivity contribution >= 4 is 45.3 Å². The van der Waals surface area contributed by atoms with Gasteiger partial charge >= 0.3 is 0 Å². The summed E-state index contributed by atoms with van der Waals surface area (Å²) < 4.78 is 1.47. The third kappa shape index (κ3) is 2.69. The monoisotopic (exact) mass is 375 g/mol. The minimum atomic E-state index is -0.334. The van der Waals surface area contributed by atoms with Crippen molar-refractivity contribution in [1.82, 2.24) is 9.38 Å². The van der Waals surface area contributed by atoms with E-state index >= 15 is 0 Å². The van der Waals surface area contributed by atoms with Gasteiger partial charge in [0.1, 0.15) is 17.0 Å². The van der Waals surface area contributed by atoms with Gasteiger partial charge < -0.3 is 4.98 Å². The first-order valence-corrected chi connectivity index (χ1v) is 8.60. The van der Waals surface area contributed by atoms with Gasteiger partial charge in [-0.25, -0.2) is 4.85 Å². The van der Waals surface area contributed by atoms with Crippen LogP contribution in [0.15, 0.2) is 57.5 Å². The van der Waals surface area contributed by atoms with Crippen molar-refractivity contribution in [3.05, 3.63) is 80.4 Å². The third-order valence-electron chi connectivity index (χ3n) is 4.43.